The van der Waals surface area contributed by atoms with Crippen LogP contribution >= 0.6 is 38.5 Å². The lowest BCUT2D eigenvalue weighted by molar-refractivity contribution is 0.468. The van der Waals surface area contributed by atoms with Gasteiger partial charge in [0, 0.05) is 0 Å². The van der Waals surface area contributed by atoms with Crippen molar-refractivity contribution in [3.05, 3.63) is 20.4 Å². The molecule has 0 aromatic carbocycles. The topological polar surface area (TPSA) is 33.1 Å². The minimum Gasteiger partial charge on any atom is -0.505 e. The molecule has 0 aliphatic carbocycles. The Morgan fingerprint density at radius 1 is 1.67 bits per heavy atom. The average Bonchev–Trinajstić information content (AvgIpc) is 1.80. The van der Waals surface area contributed by atoms with E-state index >= 15 is 0 Å². The van der Waals surface area contributed by atoms with Gasteiger partial charge in [-0.1, -0.05) is 0 Å². The molecule has 1 heterocycles. The quantitative estimate of drug-likeness (QED) is 0.588. The number of rotatable bonds is 0. The molecule has 0 amide bonds. The number of hydrogen-bond donors (Lipinski definition) is 1. The molecule has 48 valence electrons. The Morgan fingerprint density at radius 3 is 2.78 bits per heavy atom. The molecule has 0 bridgehead atoms. The number of pyridine rings is 1. The van der Waals surface area contributed by atoms with Crippen LogP contribution in [0.15, 0.2) is 16.9 Å². The van der Waals surface area contributed by atoms with E-state index in [0.29, 0.717) is 0 Å². The van der Waals surface area contributed by atoms with E-state index in [9.17, 15) is 0 Å². The predicted octanol–water partition coefficient (Wildman–Crippen LogP) is 2.15. The zero-order valence-corrected chi connectivity index (χ0v) is 8.05. The van der Waals surface area contributed by atoms with E-state index < -0.39 is 0 Å². The predicted molar refractivity (Wildman–Crippen MR) is 46.3 cm³/mol. The Bertz CT molecular complexity index is 228. The van der Waals surface area contributed by atoms with Crippen molar-refractivity contribution in [1.29, 1.82) is 0 Å². The third-order valence-electron chi connectivity index (χ3n) is 0.801. The summed E-state index contributed by atoms with van der Waals surface area (Å²) in [5.41, 5.74) is 0. The molecule has 0 saturated carbocycles. The highest BCUT2D eigenvalue weighted by molar-refractivity contribution is 14.1. The Labute approximate surface area is 74.6 Å². The summed E-state index contributed by atoms with van der Waals surface area (Å²) in [7, 11) is 0. The van der Waals surface area contributed by atoms with E-state index in [2.05, 4.69) is 20.9 Å². The van der Waals surface area contributed by atoms with Crippen LogP contribution in [0, 0.1) is 3.57 Å². The van der Waals surface area contributed by atoms with Gasteiger partial charge >= 0.3 is 0 Å². The fourth-order valence-corrected chi connectivity index (χ4v) is 1.59. The molecule has 0 saturated heterocycles. The molecule has 1 N–H and O–H groups in total. The van der Waals surface area contributed by atoms with Crippen LogP contribution in [-0.4, -0.2) is 10.1 Å². The van der Waals surface area contributed by atoms with Crippen molar-refractivity contribution in [2.75, 3.05) is 0 Å². The van der Waals surface area contributed by atoms with Crippen molar-refractivity contribution in [1.82, 2.24) is 4.98 Å². The molecule has 0 unspecified atom stereocenters. The van der Waals surface area contributed by atoms with Gasteiger partial charge in [0.2, 0.25) is 0 Å². The Hall–Kier alpha value is 0.160. The van der Waals surface area contributed by atoms with Gasteiger partial charge in [-0.3, -0.25) is 0 Å². The molecule has 0 spiro atoms. The molecule has 1 rings (SSSR count). The van der Waals surface area contributed by atoms with Gasteiger partial charge in [0.15, 0.2) is 0 Å². The maximum atomic E-state index is 8.95. The lowest BCUT2D eigenvalue weighted by Gasteiger charge is -1.93. The summed E-state index contributed by atoms with van der Waals surface area (Å²) in [6.07, 6.45) is 1.41. The van der Waals surface area contributed by atoms with Crippen molar-refractivity contribution < 1.29 is 5.11 Å². The smallest absolute Gasteiger partial charge is 0.147 e. The van der Waals surface area contributed by atoms with Gasteiger partial charge in [-0.2, -0.15) is 0 Å². The van der Waals surface area contributed by atoms with Gasteiger partial charge < -0.3 is 5.11 Å². The number of aromatic nitrogens is 1. The second-order valence-corrected chi connectivity index (χ2v) is 3.43. The summed E-state index contributed by atoms with van der Waals surface area (Å²) in [5, 5.41) is 8.95. The SMILES string of the molecule is Oc1cnc(Br)cc1I. The summed E-state index contributed by atoms with van der Waals surface area (Å²) in [6.45, 7) is 0. The first-order valence-electron chi connectivity index (χ1n) is 2.20. The van der Waals surface area contributed by atoms with Crippen LogP contribution in [0.25, 0.3) is 0 Å². The first-order chi connectivity index (χ1) is 4.20. The highest BCUT2D eigenvalue weighted by atomic mass is 127. The molecular formula is C5H3BrINO. The lowest BCUT2D eigenvalue weighted by Crippen LogP contribution is -1.77. The van der Waals surface area contributed by atoms with Gasteiger partial charge in [-0.25, -0.2) is 4.98 Å². The van der Waals surface area contributed by atoms with Gasteiger partial charge in [-0.15, -0.1) is 0 Å². The molecule has 0 radical (unpaired) electrons. The second kappa shape index (κ2) is 2.83. The van der Waals surface area contributed by atoms with Crippen LogP contribution in [-0.2, 0) is 0 Å². The first kappa shape index (κ1) is 7.27. The molecular weight excluding hydrogens is 297 g/mol. The normalized spacial score (nSPS) is 9.56. The van der Waals surface area contributed by atoms with Crippen LogP contribution in [0.4, 0.5) is 0 Å². The monoisotopic (exact) mass is 299 g/mol. The van der Waals surface area contributed by atoms with Crippen LogP contribution in [0.3, 0.4) is 0 Å². The summed E-state index contributed by atoms with van der Waals surface area (Å²) in [5.74, 6) is 0.221. The van der Waals surface area contributed by atoms with Crippen LogP contribution in [0.2, 0.25) is 0 Å². The minimum atomic E-state index is 0.221. The summed E-state index contributed by atoms with van der Waals surface area (Å²) >= 11 is 5.20. The van der Waals surface area contributed by atoms with Crippen molar-refractivity contribution in [2.45, 2.75) is 0 Å². The van der Waals surface area contributed by atoms with Gasteiger partial charge in [0.1, 0.15) is 10.4 Å². The molecule has 0 atom stereocenters. The van der Waals surface area contributed by atoms with E-state index in [1.807, 2.05) is 22.6 Å². The standard InChI is InChI=1S/C5H3BrINO/c6-5-1-3(7)4(9)2-8-5/h1-2,9H. The largest absolute Gasteiger partial charge is 0.505 e. The summed E-state index contributed by atoms with van der Waals surface area (Å²) in [4.78, 5) is 3.80. The van der Waals surface area contributed by atoms with E-state index in [-0.39, 0.29) is 5.75 Å². The third kappa shape index (κ3) is 1.79. The van der Waals surface area contributed by atoms with E-state index in [0.717, 1.165) is 8.17 Å². The number of aromatic hydroxyl groups is 1. The van der Waals surface area contributed by atoms with Gasteiger partial charge in [0.25, 0.3) is 0 Å². The highest BCUT2D eigenvalue weighted by Gasteiger charge is 1.96. The fourth-order valence-electron chi connectivity index (χ4n) is 0.400. The lowest BCUT2D eigenvalue weighted by atomic mass is 10.5. The van der Waals surface area contributed by atoms with E-state index in [1.165, 1.54) is 6.20 Å². The van der Waals surface area contributed by atoms with Crippen molar-refractivity contribution >= 4 is 38.5 Å². The first-order valence-corrected chi connectivity index (χ1v) is 4.07. The number of hydrogen-bond acceptors (Lipinski definition) is 2. The van der Waals surface area contributed by atoms with Crippen molar-refractivity contribution in [2.24, 2.45) is 0 Å². The summed E-state index contributed by atoms with van der Waals surface area (Å²) < 4.78 is 1.54. The van der Waals surface area contributed by atoms with Crippen molar-refractivity contribution in [3.8, 4) is 5.75 Å². The maximum Gasteiger partial charge on any atom is 0.147 e. The zero-order chi connectivity index (χ0) is 6.85. The molecule has 0 aliphatic rings. The highest BCUT2D eigenvalue weighted by Crippen LogP contribution is 2.20. The Balaban J connectivity index is 3.17. The molecule has 0 aliphatic heterocycles. The van der Waals surface area contributed by atoms with Crippen LogP contribution < -0.4 is 0 Å². The van der Waals surface area contributed by atoms with Crippen LogP contribution in [0.5, 0.6) is 5.75 Å². The zero-order valence-electron chi connectivity index (χ0n) is 4.31. The Kier molecular flexibility index (Phi) is 2.29. The molecule has 1 aromatic rings. The molecule has 1 aromatic heterocycles. The molecule has 0 fully saturated rings. The van der Waals surface area contributed by atoms with Gasteiger partial charge in [-0.05, 0) is 44.6 Å². The molecule has 9 heavy (non-hydrogen) atoms. The second-order valence-electron chi connectivity index (χ2n) is 1.46. The minimum absolute atomic E-state index is 0.221. The van der Waals surface area contributed by atoms with E-state index in [1.54, 1.807) is 6.07 Å². The van der Waals surface area contributed by atoms with Crippen molar-refractivity contribution in [3.63, 3.8) is 0 Å². The number of halogens is 2. The third-order valence-corrected chi connectivity index (χ3v) is 2.10. The Morgan fingerprint density at radius 2 is 2.33 bits per heavy atom. The van der Waals surface area contributed by atoms with Gasteiger partial charge in [0.05, 0.1) is 9.77 Å². The average molecular weight is 300 g/mol. The van der Waals surface area contributed by atoms with Crippen LogP contribution in [0.1, 0.15) is 0 Å². The van der Waals surface area contributed by atoms with E-state index in [4.69, 9.17) is 5.11 Å². The molecule has 2 nitrogen and oxygen atoms in total. The fraction of sp³-hybridized carbons (Fsp3) is 0. The maximum absolute atomic E-state index is 8.95. The number of nitrogens with zero attached hydrogens (tertiary/aromatic N) is 1. The molecule has 4 heteroatoms. The summed E-state index contributed by atoms with van der Waals surface area (Å²) in [6, 6.07) is 1.75.